The van der Waals surface area contributed by atoms with Gasteiger partial charge in [0.2, 0.25) is 10.0 Å². The van der Waals surface area contributed by atoms with Crippen LogP contribution in [0.5, 0.6) is 0 Å². The molecule has 10 heteroatoms. The number of benzene rings is 2. The monoisotopic (exact) mass is 479 g/mol. The van der Waals surface area contributed by atoms with Crippen LogP contribution in [0.4, 0.5) is 18.9 Å². The Balaban J connectivity index is 1.44. The molecule has 1 amide bonds. The molecule has 1 aliphatic carbocycles. The second kappa shape index (κ2) is 9.18. The Kier molecular flexibility index (Phi) is 6.49. The van der Waals surface area contributed by atoms with E-state index in [0.717, 1.165) is 37.5 Å². The molecular weight excluding hydrogens is 455 g/mol. The maximum atomic E-state index is 13.1. The molecule has 0 unspecified atom stereocenters. The van der Waals surface area contributed by atoms with Gasteiger partial charge in [0.25, 0.3) is 5.91 Å². The molecule has 0 aromatic heterocycles. The zero-order valence-electron chi connectivity index (χ0n) is 17.7. The fourth-order valence-corrected chi connectivity index (χ4v) is 5.29. The van der Waals surface area contributed by atoms with Gasteiger partial charge in [0.1, 0.15) is 11.1 Å². The van der Waals surface area contributed by atoms with E-state index in [1.165, 1.54) is 18.4 Å². The van der Waals surface area contributed by atoms with Crippen LogP contribution in [0.1, 0.15) is 59.8 Å². The SMILES string of the molecule is O=C(NCCC1=CCCCC1)c1ccc([C@@H]2Nc3cc(C(F)(F)F)ccc3S(=O)(=O)N2)cc1. The fraction of sp³-hybridized carbons (Fsp3) is 0.348. The average Bonchev–Trinajstić information content (AvgIpc) is 2.78. The molecule has 6 nitrogen and oxygen atoms in total. The molecule has 0 spiro atoms. The third-order valence-electron chi connectivity index (χ3n) is 5.79. The molecule has 2 aliphatic rings. The average molecular weight is 480 g/mol. The number of alkyl halides is 3. The lowest BCUT2D eigenvalue weighted by Crippen LogP contribution is -2.38. The Morgan fingerprint density at radius 2 is 1.85 bits per heavy atom. The second-order valence-corrected chi connectivity index (χ2v) is 9.83. The van der Waals surface area contributed by atoms with E-state index < -0.39 is 27.9 Å². The highest BCUT2D eigenvalue weighted by atomic mass is 32.2. The van der Waals surface area contributed by atoms with Crippen molar-refractivity contribution in [1.29, 1.82) is 0 Å². The van der Waals surface area contributed by atoms with Crippen molar-refractivity contribution in [3.05, 3.63) is 70.8 Å². The van der Waals surface area contributed by atoms with E-state index in [9.17, 15) is 26.4 Å². The molecule has 0 saturated carbocycles. The summed E-state index contributed by atoms with van der Waals surface area (Å²) in [6.07, 6.45) is 2.04. The molecule has 2 aromatic carbocycles. The van der Waals surface area contributed by atoms with E-state index in [4.69, 9.17) is 0 Å². The number of halogens is 3. The van der Waals surface area contributed by atoms with Gasteiger partial charge < -0.3 is 10.6 Å². The summed E-state index contributed by atoms with van der Waals surface area (Å²) in [6.45, 7) is 0.536. The molecule has 0 saturated heterocycles. The lowest BCUT2D eigenvalue weighted by molar-refractivity contribution is -0.137. The Morgan fingerprint density at radius 3 is 2.52 bits per heavy atom. The van der Waals surface area contributed by atoms with E-state index in [0.29, 0.717) is 17.7 Å². The van der Waals surface area contributed by atoms with Crippen LogP contribution in [0.3, 0.4) is 0 Å². The number of fused-ring (bicyclic) bond motifs is 1. The number of rotatable bonds is 5. The summed E-state index contributed by atoms with van der Waals surface area (Å²) < 4.78 is 66.7. The number of carbonyl (C=O) groups excluding carboxylic acids is 1. The molecular formula is C23H24F3N3O3S. The van der Waals surface area contributed by atoms with Crippen molar-refractivity contribution in [1.82, 2.24) is 10.0 Å². The topological polar surface area (TPSA) is 87.3 Å². The van der Waals surface area contributed by atoms with Crippen LogP contribution in [0.15, 0.2) is 59.0 Å². The lowest BCUT2D eigenvalue weighted by Gasteiger charge is -2.29. The minimum atomic E-state index is -4.59. The van der Waals surface area contributed by atoms with Crippen molar-refractivity contribution in [2.24, 2.45) is 0 Å². The minimum absolute atomic E-state index is 0.132. The van der Waals surface area contributed by atoms with Gasteiger partial charge in [0.15, 0.2) is 0 Å². The Morgan fingerprint density at radius 1 is 1.09 bits per heavy atom. The van der Waals surface area contributed by atoms with E-state index in [-0.39, 0.29) is 16.5 Å². The molecule has 0 fully saturated rings. The van der Waals surface area contributed by atoms with E-state index in [1.807, 2.05) is 0 Å². The Labute approximate surface area is 190 Å². The predicted molar refractivity (Wildman–Crippen MR) is 118 cm³/mol. The first-order chi connectivity index (χ1) is 15.6. The molecule has 4 rings (SSSR count). The molecule has 1 aliphatic heterocycles. The van der Waals surface area contributed by atoms with Crippen molar-refractivity contribution in [3.8, 4) is 0 Å². The number of hydrogen-bond acceptors (Lipinski definition) is 4. The quantitative estimate of drug-likeness (QED) is 0.541. The number of allylic oxidation sites excluding steroid dienone is 1. The van der Waals surface area contributed by atoms with Crippen LogP contribution in [-0.2, 0) is 16.2 Å². The van der Waals surface area contributed by atoms with Crippen LogP contribution in [0.25, 0.3) is 0 Å². The van der Waals surface area contributed by atoms with E-state index in [1.54, 1.807) is 24.3 Å². The summed E-state index contributed by atoms with van der Waals surface area (Å²) in [7, 11) is -4.02. The number of amides is 1. The van der Waals surface area contributed by atoms with Crippen molar-refractivity contribution >= 4 is 21.6 Å². The van der Waals surface area contributed by atoms with Crippen LogP contribution in [0, 0.1) is 0 Å². The maximum absolute atomic E-state index is 13.1. The van der Waals surface area contributed by atoms with Gasteiger partial charge in [-0.15, -0.1) is 0 Å². The molecule has 0 radical (unpaired) electrons. The van der Waals surface area contributed by atoms with Crippen molar-refractivity contribution < 1.29 is 26.4 Å². The molecule has 176 valence electrons. The van der Waals surface area contributed by atoms with Crippen molar-refractivity contribution in [2.45, 2.75) is 49.3 Å². The van der Waals surface area contributed by atoms with Gasteiger partial charge in [0, 0.05) is 12.1 Å². The molecule has 1 heterocycles. The second-order valence-electron chi connectivity index (χ2n) is 8.14. The number of nitrogens with one attached hydrogen (secondary N) is 3. The lowest BCUT2D eigenvalue weighted by atomic mass is 9.97. The van der Waals surface area contributed by atoms with Gasteiger partial charge in [-0.05, 0) is 68.0 Å². The summed E-state index contributed by atoms with van der Waals surface area (Å²) in [5.74, 6) is -0.240. The van der Waals surface area contributed by atoms with Gasteiger partial charge in [-0.2, -0.15) is 17.9 Å². The van der Waals surface area contributed by atoms with Gasteiger partial charge in [-0.3, -0.25) is 4.79 Å². The summed E-state index contributed by atoms with van der Waals surface area (Å²) in [5.41, 5.74) is 1.16. The highest BCUT2D eigenvalue weighted by molar-refractivity contribution is 7.89. The fourth-order valence-electron chi connectivity index (χ4n) is 4.01. The van der Waals surface area contributed by atoms with Crippen LogP contribution in [-0.4, -0.2) is 20.9 Å². The van der Waals surface area contributed by atoms with Gasteiger partial charge in [-0.1, -0.05) is 23.8 Å². The number of anilines is 1. The first-order valence-electron chi connectivity index (χ1n) is 10.7. The highest BCUT2D eigenvalue weighted by Crippen LogP contribution is 2.37. The smallest absolute Gasteiger partial charge is 0.364 e. The number of hydrogen-bond donors (Lipinski definition) is 3. The normalized spacial score (nSPS) is 19.7. The van der Waals surface area contributed by atoms with Crippen molar-refractivity contribution in [2.75, 3.05) is 11.9 Å². The van der Waals surface area contributed by atoms with Gasteiger partial charge >= 0.3 is 6.18 Å². The Bertz CT molecular complexity index is 1180. The van der Waals surface area contributed by atoms with Crippen LogP contribution >= 0.6 is 0 Å². The number of carbonyl (C=O) groups is 1. The largest absolute Gasteiger partial charge is 0.416 e. The minimum Gasteiger partial charge on any atom is -0.364 e. The first kappa shape index (κ1) is 23.3. The molecule has 3 N–H and O–H groups in total. The highest BCUT2D eigenvalue weighted by Gasteiger charge is 2.35. The first-order valence-corrected chi connectivity index (χ1v) is 12.2. The maximum Gasteiger partial charge on any atom is 0.416 e. The predicted octanol–water partition coefficient (Wildman–Crippen LogP) is 4.73. The van der Waals surface area contributed by atoms with Crippen LogP contribution < -0.4 is 15.4 Å². The molecule has 2 aromatic rings. The summed E-state index contributed by atoms with van der Waals surface area (Å²) >= 11 is 0. The third-order valence-corrected chi connectivity index (χ3v) is 7.27. The summed E-state index contributed by atoms with van der Waals surface area (Å²) in [5, 5.41) is 5.68. The standard InChI is InChI=1S/C23H24F3N3O3S/c24-23(25,26)18-10-11-20-19(14-18)28-21(29-33(20,31)32)16-6-8-17(9-7-16)22(30)27-13-12-15-4-2-1-3-5-15/h4,6-11,14,21,28-29H,1-3,5,12-13H2,(H,27,30)/t21-/m1/s1. The van der Waals surface area contributed by atoms with Crippen molar-refractivity contribution in [3.63, 3.8) is 0 Å². The number of sulfonamides is 1. The van der Waals surface area contributed by atoms with E-state index in [2.05, 4.69) is 21.4 Å². The van der Waals surface area contributed by atoms with E-state index >= 15 is 0 Å². The Hall–Kier alpha value is -2.85. The summed E-state index contributed by atoms with van der Waals surface area (Å²) in [4.78, 5) is 12.2. The van der Waals surface area contributed by atoms with Gasteiger partial charge in [-0.25, -0.2) is 8.42 Å². The zero-order valence-corrected chi connectivity index (χ0v) is 18.5. The molecule has 33 heavy (non-hydrogen) atoms. The molecule has 1 atom stereocenters. The van der Waals surface area contributed by atoms with Gasteiger partial charge in [0.05, 0.1) is 11.3 Å². The molecule has 0 bridgehead atoms. The van der Waals surface area contributed by atoms with Crippen LogP contribution in [0.2, 0.25) is 0 Å². The third kappa shape index (κ3) is 5.39. The zero-order chi connectivity index (χ0) is 23.6. The summed E-state index contributed by atoms with van der Waals surface area (Å²) in [6, 6.07) is 8.70.